The maximum Gasteiger partial charge on any atom is 0.143 e. The molecule has 2 heterocycles. The molecule has 22 heavy (non-hydrogen) atoms. The first-order valence-electron chi connectivity index (χ1n) is 7.75. The van der Waals surface area contributed by atoms with Gasteiger partial charge in [0.05, 0.1) is 5.69 Å². The zero-order chi connectivity index (χ0) is 15.5. The third kappa shape index (κ3) is 2.97. The summed E-state index contributed by atoms with van der Waals surface area (Å²) in [7, 11) is 1.91. The second-order valence-electron chi connectivity index (χ2n) is 5.60. The van der Waals surface area contributed by atoms with E-state index >= 15 is 0 Å². The number of ether oxygens (including phenoxy) is 1. The number of rotatable bonds is 5. The van der Waals surface area contributed by atoms with E-state index in [9.17, 15) is 0 Å². The molecule has 0 amide bonds. The van der Waals surface area contributed by atoms with E-state index in [1.54, 1.807) is 16.3 Å². The molecule has 3 rings (SSSR count). The lowest BCUT2D eigenvalue weighted by atomic mass is 9.92. The molecular weight excluding hydrogens is 294 g/mol. The molecule has 0 bridgehead atoms. The zero-order valence-electron chi connectivity index (χ0n) is 13.2. The van der Waals surface area contributed by atoms with Crippen LogP contribution in [0, 0.1) is 0 Å². The highest BCUT2D eigenvalue weighted by atomic mass is 32.1. The molecule has 0 atom stereocenters. The molecule has 4 nitrogen and oxygen atoms in total. The number of hydrogen-bond acceptors (Lipinski definition) is 5. The van der Waals surface area contributed by atoms with Gasteiger partial charge in [-0.1, -0.05) is 13.0 Å². The second-order valence-corrected chi connectivity index (χ2v) is 6.55. The molecule has 118 valence electrons. The van der Waals surface area contributed by atoms with Gasteiger partial charge in [0.25, 0.3) is 0 Å². The van der Waals surface area contributed by atoms with Crippen LogP contribution in [0.15, 0.2) is 23.6 Å². The Morgan fingerprint density at radius 1 is 1.45 bits per heavy atom. The second kappa shape index (κ2) is 6.69. The summed E-state index contributed by atoms with van der Waals surface area (Å²) in [6.45, 7) is 4.62. The van der Waals surface area contributed by atoms with E-state index < -0.39 is 0 Å². The lowest BCUT2D eigenvalue weighted by Gasteiger charge is -2.26. The zero-order valence-corrected chi connectivity index (χ0v) is 14.0. The summed E-state index contributed by atoms with van der Waals surface area (Å²) in [6, 6.07) is 6.49. The number of nitrogens with one attached hydrogen (secondary N) is 1. The van der Waals surface area contributed by atoms with Crippen LogP contribution in [-0.4, -0.2) is 31.8 Å². The molecule has 0 aliphatic carbocycles. The first kappa shape index (κ1) is 15.3. The molecular formula is C17H23N3OS. The fourth-order valence-electron chi connectivity index (χ4n) is 2.96. The van der Waals surface area contributed by atoms with E-state index in [1.807, 2.05) is 7.05 Å². The van der Waals surface area contributed by atoms with Gasteiger partial charge in [-0.3, -0.25) is 5.84 Å². The fraction of sp³-hybridized carbons (Fsp3) is 0.412. The minimum absolute atomic E-state index is 0.727. The fourth-order valence-corrected chi connectivity index (χ4v) is 3.76. The SMILES string of the molecule is CCc1cc2c(c(-c3cccs3)c1CCN(C)N)NCCO2. The molecule has 1 aliphatic rings. The minimum Gasteiger partial charge on any atom is -0.490 e. The van der Waals surface area contributed by atoms with Crippen molar-refractivity contribution in [2.24, 2.45) is 5.84 Å². The van der Waals surface area contributed by atoms with Crippen molar-refractivity contribution in [1.82, 2.24) is 5.01 Å². The number of nitrogens with zero attached hydrogens (tertiary/aromatic N) is 1. The van der Waals surface area contributed by atoms with Crippen LogP contribution in [0.3, 0.4) is 0 Å². The standard InChI is InChI=1S/C17H23N3OS/c1-3-12-11-14-17(19-7-9-21-14)16(15-5-4-10-22-15)13(12)6-8-20(2)18/h4-5,10-11,19H,3,6-9,18H2,1-2H3. The molecule has 0 saturated carbocycles. The van der Waals surface area contributed by atoms with Crippen molar-refractivity contribution in [2.75, 3.05) is 32.1 Å². The normalized spacial score (nSPS) is 13.6. The van der Waals surface area contributed by atoms with E-state index in [0.717, 1.165) is 44.0 Å². The number of nitrogens with two attached hydrogens (primary N) is 1. The molecule has 0 fully saturated rings. The van der Waals surface area contributed by atoms with Crippen molar-refractivity contribution in [3.8, 4) is 16.2 Å². The third-order valence-corrected chi connectivity index (χ3v) is 4.90. The maximum atomic E-state index is 5.89. The smallest absolute Gasteiger partial charge is 0.143 e. The highest BCUT2D eigenvalue weighted by molar-refractivity contribution is 7.13. The summed E-state index contributed by atoms with van der Waals surface area (Å²) in [4.78, 5) is 1.29. The summed E-state index contributed by atoms with van der Waals surface area (Å²) in [5.41, 5.74) is 5.18. The number of likely N-dealkylation sites (N-methyl/N-ethyl adjacent to an activating group) is 1. The van der Waals surface area contributed by atoms with Crippen LogP contribution in [0.25, 0.3) is 10.4 Å². The van der Waals surface area contributed by atoms with E-state index in [4.69, 9.17) is 10.6 Å². The van der Waals surface area contributed by atoms with Crippen LogP contribution >= 0.6 is 11.3 Å². The van der Waals surface area contributed by atoms with Gasteiger partial charge in [0, 0.05) is 30.6 Å². The molecule has 5 heteroatoms. The van der Waals surface area contributed by atoms with Gasteiger partial charge in [-0.25, -0.2) is 5.01 Å². The lowest BCUT2D eigenvalue weighted by Crippen LogP contribution is -2.28. The summed E-state index contributed by atoms with van der Waals surface area (Å²) < 4.78 is 5.89. The third-order valence-electron chi connectivity index (χ3n) is 4.02. The summed E-state index contributed by atoms with van der Waals surface area (Å²) in [5, 5.41) is 7.41. The van der Waals surface area contributed by atoms with Crippen molar-refractivity contribution in [3.63, 3.8) is 0 Å². The van der Waals surface area contributed by atoms with Crippen LogP contribution in [0.4, 0.5) is 5.69 Å². The van der Waals surface area contributed by atoms with E-state index in [-0.39, 0.29) is 0 Å². The molecule has 1 aromatic heterocycles. The van der Waals surface area contributed by atoms with Crippen molar-refractivity contribution in [3.05, 3.63) is 34.7 Å². The van der Waals surface area contributed by atoms with E-state index in [0.29, 0.717) is 0 Å². The monoisotopic (exact) mass is 317 g/mol. The van der Waals surface area contributed by atoms with Crippen molar-refractivity contribution < 1.29 is 4.74 Å². The number of aryl methyl sites for hydroxylation is 1. The van der Waals surface area contributed by atoms with Crippen LogP contribution in [0.5, 0.6) is 5.75 Å². The number of thiophene rings is 1. The highest BCUT2D eigenvalue weighted by Crippen LogP contribution is 2.44. The van der Waals surface area contributed by atoms with Crippen molar-refractivity contribution in [1.29, 1.82) is 0 Å². The van der Waals surface area contributed by atoms with Gasteiger partial charge in [-0.15, -0.1) is 11.3 Å². The molecule has 0 radical (unpaired) electrons. The maximum absolute atomic E-state index is 5.89. The Kier molecular flexibility index (Phi) is 4.66. The van der Waals surface area contributed by atoms with Gasteiger partial charge < -0.3 is 10.1 Å². The van der Waals surface area contributed by atoms with Crippen LogP contribution in [0.2, 0.25) is 0 Å². The summed E-state index contributed by atoms with van der Waals surface area (Å²) in [5.74, 6) is 6.82. The van der Waals surface area contributed by atoms with Gasteiger partial charge in [-0.05, 0) is 41.5 Å². The summed E-state index contributed by atoms with van der Waals surface area (Å²) >= 11 is 1.78. The van der Waals surface area contributed by atoms with Crippen LogP contribution in [-0.2, 0) is 12.8 Å². The average Bonchev–Trinajstić information content (AvgIpc) is 3.05. The molecule has 1 aromatic carbocycles. The molecule has 2 aromatic rings. The van der Waals surface area contributed by atoms with Gasteiger partial charge in [0.15, 0.2) is 0 Å². The first-order valence-corrected chi connectivity index (χ1v) is 8.63. The number of benzene rings is 1. The Morgan fingerprint density at radius 3 is 3.00 bits per heavy atom. The quantitative estimate of drug-likeness (QED) is 0.657. The highest BCUT2D eigenvalue weighted by Gasteiger charge is 2.22. The van der Waals surface area contributed by atoms with E-state index in [1.165, 1.54) is 21.6 Å². The van der Waals surface area contributed by atoms with Crippen LogP contribution < -0.4 is 15.9 Å². The van der Waals surface area contributed by atoms with Crippen molar-refractivity contribution >= 4 is 17.0 Å². The number of fused-ring (bicyclic) bond motifs is 1. The Morgan fingerprint density at radius 2 is 2.32 bits per heavy atom. The largest absolute Gasteiger partial charge is 0.490 e. The number of hydrogen-bond donors (Lipinski definition) is 2. The minimum atomic E-state index is 0.727. The molecule has 3 N–H and O–H groups in total. The van der Waals surface area contributed by atoms with Gasteiger partial charge >= 0.3 is 0 Å². The topological polar surface area (TPSA) is 50.5 Å². The van der Waals surface area contributed by atoms with Crippen molar-refractivity contribution in [2.45, 2.75) is 19.8 Å². The predicted octanol–water partition coefficient (Wildman–Crippen LogP) is 3.13. The molecule has 0 unspecified atom stereocenters. The Balaban J connectivity index is 2.16. The van der Waals surface area contributed by atoms with Gasteiger partial charge in [0.2, 0.25) is 0 Å². The summed E-state index contributed by atoms with van der Waals surface area (Å²) in [6.07, 6.45) is 1.94. The predicted molar refractivity (Wildman–Crippen MR) is 93.6 cm³/mol. The molecule has 0 spiro atoms. The Hall–Kier alpha value is -1.56. The Labute approximate surface area is 135 Å². The first-order chi connectivity index (χ1) is 10.7. The molecule has 1 aliphatic heterocycles. The number of hydrazine groups is 1. The Bertz CT molecular complexity index is 638. The van der Waals surface area contributed by atoms with E-state index in [2.05, 4.69) is 35.8 Å². The van der Waals surface area contributed by atoms with Crippen LogP contribution in [0.1, 0.15) is 18.1 Å². The van der Waals surface area contributed by atoms with Gasteiger partial charge in [-0.2, -0.15) is 0 Å². The van der Waals surface area contributed by atoms with Gasteiger partial charge in [0.1, 0.15) is 12.4 Å². The lowest BCUT2D eigenvalue weighted by molar-refractivity contribution is 0.323. The molecule has 0 saturated heterocycles. The average molecular weight is 317 g/mol. The number of anilines is 1.